The van der Waals surface area contributed by atoms with Crippen LogP contribution in [0.15, 0.2) is 42.5 Å². The van der Waals surface area contributed by atoms with Crippen molar-refractivity contribution >= 4 is 39.7 Å². The van der Waals surface area contributed by atoms with Crippen LogP contribution in [-0.2, 0) is 6.18 Å². The van der Waals surface area contributed by atoms with E-state index in [1.807, 2.05) is 24.3 Å². The Hall–Kier alpha value is -1.44. The van der Waals surface area contributed by atoms with Gasteiger partial charge in [0.25, 0.3) is 0 Å². The average Bonchev–Trinajstić information content (AvgIpc) is 2.33. The van der Waals surface area contributed by atoms with E-state index in [4.69, 9.17) is 5.73 Å². The minimum absolute atomic E-state index is 0.0643. The van der Waals surface area contributed by atoms with Gasteiger partial charge in [0.2, 0.25) is 0 Å². The molecule has 0 aliphatic rings. The van der Waals surface area contributed by atoms with Crippen molar-refractivity contribution in [1.82, 2.24) is 0 Å². The largest absolute Gasteiger partial charge is 0.416 e. The molecule has 2 aromatic rings. The fourth-order valence-corrected chi connectivity index (χ4v) is 2.08. The van der Waals surface area contributed by atoms with Gasteiger partial charge in [0.1, 0.15) is 0 Å². The Balaban J connectivity index is 2.30. The number of hydrogen-bond acceptors (Lipinski definition) is 2. The third kappa shape index (κ3) is 3.31. The summed E-state index contributed by atoms with van der Waals surface area (Å²) >= 11 is 2.14. The normalized spacial score (nSPS) is 11.4. The molecule has 0 spiro atoms. The summed E-state index contributed by atoms with van der Waals surface area (Å²) in [5, 5.41) is 3.02. The lowest BCUT2D eigenvalue weighted by Crippen LogP contribution is -2.06. The van der Waals surface area contributed by atoms with Crippen LogP contribution in [0.4, 0.5) is 30.2 Å². The summed E-state index contributed by atoms with van der Waals surface area (Å²) in [4.78, 5) is 0. The molecule has 0 fully saturated rings. The molecule has 0 aliphatic heterocycles. The number of nitrogens with two attached hydrogens (primary N) is 1. The van der Waals surface area contributed by atoms with Crippen molar-refractivity contribution in [3.8, 4) is 0 Å². The van der Waals surface area contributed by atoms with Gasteiger partial charge >= 0.3 is 6.18 Å². The molecule has 0 amide bonds. The van der Waals surface area contributed by atoms with E-state index in [0.717, 1.165) is 21.4 Å². The van der Waals surface area contributed by atoms with E-state index in [9.17, 15) is 13.2 Å². The predicted octanol–water partition coefficient (Wildman–Crippen LogP) is 4.64. The lowest BCUT2D eigenvalue weighted by molar-refractivity contribution is -0.137. The Labute approximate surface area is 122 Å². The zero-order valence-corrected chi connectivity index (χ0v) is 11.8. The second-order valence-electron chi connectivity index (χ2n) is 3.90. The van der Waals surface area contributed by atoms with Crippen molar-refractivity contribution in [3.05, 3.63) is 51.6 Å². The smallest absolute Gasteiger partial charge is 0.397 e. The molecule has 3 N–H and O–H groups in total. The number of hydrogen-bond donors (Lipinski definition) is 2. The van der Waals surface area contributed by atoms with Gasteiger partial charge in [-0.1, -0.05) is 12.1 Å². The summed E-state index contributed by atoms with van der Waals surface area (Å²) in [7, 11) is 0. The highest BCUT2D eigenvalue weighted by Crippen LogP contribution is 2.34. The summed E-state index contributed by atoms with van der Waals surface area (Å²) in [5.41, 5.74) is 6.22. The first-order valence-corrected chi connectivity index (χ1v) is 6.44. The van der Waals surface area contributed by atoms with Gasteiger partial charge in [-0.3, -0.25) is 0 Å². The van der Waals surface area contributed by atoms with Crippen LogP contribution >= 0.6 is 22.6 Å². The van der Waals surface area contributed by atoms with Gasteiger partial charge in [-0.2, -0.15) is 13.2 Å². The third-order valence-corrected chi connectivity index (χ3v) is 3.46. The molecule has 6 heteroatoms. The quantitative estimate of drug-likeness (QED) is 0.591. The fraction of sp³-hybridized carbons (Fsp3) is 0.0769. The second kappa shape index (κ2) is 5.28. The minimum atomic E-state index is -4.38. The van der Waals surface area contributed by atoms with E-state index >= 15 is 0 Å². The molecule has 0 radical (unpaired) electrons. The Morgan fingerprint density at radius 3 is 2.26 bits per heavy atom. The molecule has 0 atom stereocenters. The van der Waals surface area contributed by atoms with Crippen LogP contribution in [0.1, 0.15) is 5.56 Å². The van der Waals surface area contributed by atoms with Crippen LogP contribution < -0.4 is 11.1 Å². The monoisotopic (exact) mass is 378 g/mol. The van der Waals surface area contributed by atoms with E-state index < -0.39 is 11.7 Å². The highest BCUT2D eigenvalue weighted by atomic mass is 127. The highest BCUT2D eigenvalue weighted by Gasteiger charge is 2.30. The minimum Gasteiger partial charge on any atom is -0.397 e. The van der Waals surface area contributed by atoms with Gasteiger partial charge < -0.3 is 11.1 Å². The third-order valence-electron chi connectivity index (χ3n) is 2.52. The van der Waals surface area contributed by atoms with Gasteiger partial charge in [-0.05, 0) is 52.9 Å². The Bertz CT molecular complexity index is 597. The molecular formula is C13H10F3IN2. The fourth-order valence-electron chi connectivity index (χ4n) is 1.56. The SMILES string of the molecule is Nc1cc(C(F)(F)F)ccc1Nc1ccccc1I. The number of halogens is 4. The van der Waals surface area contributed by atoms with Crippen LogP contribution in [0.2, 0.25) is 0 Å². The van der Waals surface area contributed by atoms with E-state index in [1.54, 1.807) is 0 Å². The van der Waals surface area contributed by atoms with Gasteiger partial charge in [0, 0.05) is 3.57 Å². The van der Waals surface area contributed by atoms with Gasteiger partial charge in [-0.25, -0.2) is 0 Å². The van der Waals surface area contributed by atoms with Gasteiger partial charge in [-0.15, -0.1) is 0 Å². The Morgan fingerprint density at radius 1 is 1.00 bits per heavy atom. The molecule has 19 heavy (non-hydrogen) atoms. The maximum Gasteiger partial charge on any atom is 0.416 e. The Kier molecular flexibility index (Phi) is 3.88. The Morgan fingerprint density at radius 2 is 1.68 bits per heavy atom. The highest BCUT2D eigenvalue weighted by molar-refractivity contribution is 14.1. The van der Waals surface area contributed by atoms with Crippen molar-refractivity contribution in [2.75, 3.05) is 11.1 Å². The molecule has 2 aromatic carbocycles. The van der Waals surface area contributed by atoms with Crippen molar-refractivity contribution in [1.29, 1.82) is 0 Å². The second-order valence-corrected chi connectivity index (χ2v) is 5.07. The molecule has 0 bridgehead atoms. The van der Waals surface area contributed by atoms with Gasteiger partial charge in [0.15, 0.2) is 0 Å². The molecule has 100 valence electrons. The molecule has 0 heterocycles. The molecule has 0 saturated carbocycles. The van der Waals surface area contributed by atoms with Gasteiger partial charge in [0.05, 0.1) is 22.6 Å². The number of nitrogen functional groups attached to an aromatic ring is 1. The van der Waals surface area contributed by atoms with Crippen LogP contribution in [0, 0.1) is 3.57 Å². The van der Waals surface area contributed by atoms with Crippen LogP contribution in [-0.4, -0.2) is 0 Å². The average molecular weight is 378 g/mol. The van der Waals surface area contributed by atoms with E-state index in [0.29, 0.717) is 5.69 Å². The molecule has 0 unspecified atom stereocenters. The van der Waals surface area contributed by atoms with E-state index in [1.165, 1.54) is 6.07 Å². The number of nitrogens with one attached hydrogen (secondary N) is 1. The molecule has 2 nitrogen and oxygen atoms in total. The summed E-state index contributed by atoms with van der Waals surface area (Å²) in [6.45, 7) is 0. The van der Waals surface area contributed by atoms with Crippen molar-refractivity contribution in [2.24, 2.45) is 0 Å². The first-order valence-electron chi connectivity index (χ1n) is 5.36. The van der Waals surface area contributed by atoms with Crippen LogP contribution in [0.3, 0.4) is 0 Å². The number of rotatable bonds is 2. The van der Waals surface area contributed by atoms with Crippen LogP contribution in [0.5, 0.6) is 0 Å². The maximum absolute atomic E-state index is 12.5. The van der Waals surface area contributed by atoms with Crippen molar-refractivity contribution in [3.63, 3.8) is 0 Å². The number of alkyl halides is 3. The van der Waals surface area contributed by atoms with E-state index in [-0.39, 0.29) is 5.69 Å². The number of anilines is 3. The lowest BCUT2D eigenvalue weighted by Gasteiger charge is -2.13. The molecular weight excluding hydrogens is 368 g/mol. The maximum atomic E-state index is 12.5. The number of para-hydroxylation sites is 1. The lowest BCUT2D eigenvalue weighted by atomic mass is 10.1. The summed E-state index contributed by atoms with van der Waals surface area (Å²) in [5.74, 6) is 0. The molecule has 0 aliphatic carbocycles. The predicted molar refractivity (Wildman–Crippen MR) is 78.3 cm³/mol. The standard InChI is InChI=1S/C13H10F3IN2/c14-13(15,16)8-5-6-12(10(18)7-8)19-11-4-2-1-3-9(11)17/h1-7,19H,18H2. The molecule has 2 rings (SSSR count). The summed E-state index contributed by atoms with van der Waals surface area (Å²) in [6.07, 6.45) is -4.38. The van der Waals surface area contributed by atoms with Crippen molar-refractivity contribution in [2.45, 2.75) is 6.18 Å². The zero-order chi connectivity index (χ0) is 14.0. The van der Waals surface area contributed by atoms with Crippen molar-refractivity contribution < 1.29 is 13.2 Å². The van der Waals surface area contributed by atoms with Crippen LogP contribution in [0.25, 0.3) is 0 Å². The molecule has 0 saturated heterocycles. The molecule has 0 aromatic heterocycles. The zero-order valence-electron chi connectivity index (χ0n) is 9.63. The first-order chi connectivity index (χ1) is 8.88. The first kappa shape index (κ1) is 14.0. The topological polar surface area (TPSA) is 38.0 Å². The summed E-state index contributed by atoms with van der Waals surface area (Å²) < 4.78 is 38.5. The van der Waals surface area contributed by atoms with E-state index in [2.05, 4.69) is 27.9 Å². The summed E-state index contributed by atoms with van der Waals surface area (Å²) in [6, 6.07) is 10.7. The number of benzene rings is 2.